The van der Waals surface area contributed by atoms with Crippen LogP contribution in [0.15, 0.2) is 194 Å². The average Bonchev–Trinajstić information content (AvgIpc) is 3.91. The monoisotopic (exact) mass is 692 g/mol. The van der Waals surface area contributed by atoms with Gasteiger partial charge in [0.25, 0.3) is 0 Å². The molecule has 0 N–H and O–H groups in total. The van der Waals surface area contributed by atoms with Crippen molar-refractivity contribution in [3.8, 4) is 44.8 Å². The van der Waals surface area contributed by atoms with Crippen molar-refractivity contribution in [2.24, 2.45) is 0 Å². The first kappa shape index (κ1) is 30.0. The molecule has 0 aliphatic heterocycles. The van der Waals surface area contributed by atoms with E-state index in [4.69, 9.17) is 0 Å². The maximum atomic E-state index is 2.39. The summed E-state index contributed by atoms with van der Waals surface area (Å²) >= 11 is 1.91. The fraction of sp³-hybridized carbons (Fsp3) is 0. The summed E-state index contributed by atoms with van der Waals surface area (Å²) in [7, 11) is 0. The van der Waals surface area contributed by atoms with Crippen LogP contribution in [0.1, 0.15) is 0 Å². The Morgan fingerprint density at radius 2 is 0.868 bits per heavy atom. The Kier molecular flexibility index (Phi) is 6.76. The summed E-state index contributed by atoms with van der Waals surface area (Å²) in [6.07, 6.45) is 2.29. The lowest BCUT2D eigenvalue weighted by molar-refractivity contribution is 1.13. The van der Waals surface area contributed by atoms with Crippen LogP contribution >= 0.6 is 11.3 Å². The predicted molar refractivity (Wildman–Crippen MR) is 227 cm³/mol. The van der Waals surface area contributed by atoms with Crippen LogP contribution < -0.4 is 0 Å². The number of benzene rings is 8. The summed E-state index contributed by atoms with van der Waals surface area (Å²) in [5.74, 6) is 0. The third-order valence-electron chi connectivity index (χ3n) is 10.8. The van der Waals surface area contributed by atoms with Gasteiger partial charge >= 0.3 is 0 Å². The van der Waals surface area contributed by atoms with E-state index in [1.54, 1.807) is 0 Å². The Labute approximate surface area is 311 Å². The van der Waals surface area contributed by atoms with Gasteiger partial charge in [0.15, 0.2) is 0 Å². The largest absolute Gasteiger partial charge is 0.316 e. The third kappa shape index (κ3) is 4.71. The second kappa shape index (κ2) is 11.9. The first-order chi connectivity index (χ1) is 26.3. The quantitative estimate of drug-likeness (QED) is 0.170. The van der Waals surface area contributed by atoms with E-state index in [9.17, 15) is 0 Å². The van der Waals surface area contributed by atoms with Crippen LogP contribution in [0.2, 0.25) is 0 Å². The van der Waals surface area contributed by atoms with Crippen LogP contribution in [0.5, 0.6) is 0 Å². The standard InChI is InChI=1S/C50H32N2S/c1-3-14-33(15-4-1)45-32-51(46-26-9-7-21-41(45)46)37-19-11-16-34(30-37)38-22-12-24-42-43-25-13-23-39(50(43)53-49(38)42)35-28-29-48-44(31-35)40-20-8-10-27-47(40)52(48)36-17-5-2-6-18-36/h1-32H. The van der Waals surface area contributed by atoms with E-state index in [1.807, 2.05) is 11.3 Å². The highest BCUT2D eigenvalue weighted by Gasteiger charge is 2.18. The highest BCUT2D eigenvalue weighted by molar-refractivity contribution is 7.26. The molecule has 0 atom stereocenters. The molecule has 0 fully saturated rings. The molecule has 0 bridgehead atoms. The molecule has 53 heavy (non-hydrogen) atoms. The van der Waals surface area contributed by atoms with E-state index in [0.717, 1.165) is 5.69 Å². The second-order valence-electron chi connectivity index (χ2n) is 13.7. The molecule has 0 amide bonds. The molecule has 248 valence electrons. The summed E-state index contributed by atoms with van der Waals surface area (Å²) in [5.41, 5.74) is 13.4. The lowest BCUT2D eigenvalue weighted by Crippen LogP contribution is -1.92. The van der Waals surface area contributed by atoms with E-state index in [-0.39, 0.29) is 0 Å². The van der Waals surface area contributed by atoms with Crippen molar-refractivity contribution < 1.29 is 0 Å². The van der Waals surface area contributed by atoms with Crippen LogP contribution in [0.3, 0.4) is 0 Å². The number of nitrogens with zero attached hydrogens (tertiary/aromatic N) is 2. The van der Waals surface area contributed by atoms with Crippen molar-refractivity contribution in [3.05, 3.63) is 194 Å². The summed E-state index contributed by atoms with van der Waals surface area (Å²) in [6, 6.07) is 68.4. The van der Waals surface area contributed by atoms with Gasteiger partial charge in [-0.15, -0.1) is 11.3 Å². The molecule has 3 heterocycles. The van der Waals surface area contributed by atoms with Crippen LogP contribution in [0.25, 0.3) is 97.6 Å². The van der Waals surface area contributed by atoms with Gasteiger partial charge in [-0.05, 0) is 76.3 Å². The average molecular weight is 693 g/mol. The molecule has 0 saturated carbocycles. The molecule has 0 aliphatic rings. The number of fused-ring (bicyclic) bond motifs is 7. The van der Waals surface area contributed by atoms with Gasteiger partial charge in [0.05, 0.1) is 16.6 Å². The lowest BCUT2D eigenvalue weighted by Gasteiger charge is -2.09. The molecule has 3 heteroatoms. The maximum absolute atomic E-state index is 2.39. The van der Waals surface area contributed by atoms with Crippen LogP contribution in [-0.2, 0) is 0 Å². The van der Waals surface area contributed by atoms with Crippen LogP contribution in [0.4, 0.5) is 0 Å². The topological polar surface area (TPSA) is 9.86 Å². The second-order valence-corrected chi connectivity index (χ2v) is 14.8. The molecule has 3 aromatic heterocycles. The van der Waals surface area contributed by atoms with Gasteiger partial charge in [0.1, 0.15) is 0 Å². The minimum atomic E-state index is 1.16. The normalized spacial score (nSPS) is 11.8. The van der Waals surface area contributed by atoms with Crippen molar-refractivity contribution >= 4 is 64.2 Å². The van der Waals surface area contributed by atoms with E-state index < -0.39 is 0 Å². The number of rotatable bonds is 5. The SMILES string of the molecule is c1ccc(-c2cn(-c3cccc(-c4cccc5c4sc4c(-c6ccc7c(c6)c6ccccc6n7-c6ccccc6)cccc45)c3)c3ccccc23)cc1. The van der Waals surface area contributed by atoms with Gasteiger partial charge in [-0.25, -0.2) is 0 Å². The number of thiophene rings is 1. The minimum absolute atomic E-state index is 1.16. The Hall–Kier alpha value is -6.68. The molecule has 11 rings (SSSR count). The Morgan fingerprint density at radius 1 is 0.321 bits per heavy atom. The molecule has 0 aliphatic carbocycles. The van der Waals surface area contributed by atoms with E-state index in [2.05, 4.69) is 203 Å². The number of aromatic nitrogens is 2. The predicted octanol–water partition coefficient (Wildman–Crippen LogP) is 14.1. The van der Waals surface area contributed by atoms with E-state index >= 15 is 0 Å². The summed E-state index contributed by atoms with van der Waals surface area (Å²) in [5, 5.41) is 6.40. The Balaban J connectivity index is 1.06. The van der Waals surface area contributed by atoms with Crippen LogP contribution in [0, 0.1) is 0 Å². The molecule has 0 unspecified atom stereocenters. The van der Waals surface area contributed by atoms with Crippen molar-refractivity contribution in [2.45, 2.75) is 0 Å². The van der Waals surface area contributed by atoms with Crippen molar-refractivity contribution in [2.75, 3.05) is 0 Å². The number of para-hydroxylation sites is 3. The van der Waals surface area contributed by atoms with Gasteiger partial charge in [-0.1, -0.05) is 140 Å². The molecule has 0 saturated heterocycles. The fourth-order valence-corrected chi connectivity index (χ4v) is 9.71. The van der Waals surface area contributed by atoms with Gasteiger partial charge in [0, 0.05) is 59.5 Å². The van der Waals surface area contributed by atoms with Gasteiger partial charge < -0.3 is 9.13 Å². The molecular formula is C50H32N2S. The molecule has 11 aromatic rings. The lowest BCUT2D eigenvalue weighted by atomic mass is 9.99. The fourth-order valence-electron chi connectivity index (χ4n) is 8.33. The zero-order chi connectivity index (χ0) is 34.9. The third-order valence-corrected chi connectivity index (χ3v) is 12.0. The zero-order valence-electron chi connectivity index (χ0n) is 28.8. The first-order valence-electron chi connectivity index (χ1n) is 18.1. The zero-order valence-corrected chi connectivity index (χ0v) is 29.6. The summed E-state index contributed by atoms with van der Waals surface area (Å²) < 4.78 is 7.36. The van der Waals surface area contributed by atoms with Crippen molar-refractivity contribution in [1.82, 2.24) is 9.13 Å². The van der Waals surface area contributed by atoms with Crippen LogP contribution in [-0.4, -0.2) is 9.13 Å². The van der Waals surface area contributed by atoms with Crippen molar-refractivity contribution in [1.29, 1.82) is 0 Å². The van der Waals surface area contributed by atoms with E-state index in [1.165, 1.54) is 91.9 Å². The number of hydrogen-bond acceptors (Lipinski definition) is 1. The molecule has 0 radical (unpaired) electrons. The molecular weight excluding hydrogens is 661 g/mol. The van der Waals surface area contributed by atoms with Gasteiger partial charge in [0.2, 0.25) is 0 Å². The summed E-state index contributed by atoms with van der Waals surface area (Å²) in [4.78, 5) is 0. The minimum Gasteiger partial charge on any atom is -0.316 e. The Bertz CT molecular complexity index is 3160. The highest BCUT2D eigenvalue weighted by Crippen LogP contribution is 2.45. The van der Waals surface area contributed by atoms with Crippen molar-refractivity contribution in [3.63, 3.8) is 0 Å². The Morgan fingerprint density at radius 3 is 1.62 bits per heavy atom. The maximum Gasteiger partial charge on any atom is 0.0541 e. The number of hydrogen-bond donors (Lipinski definition) is 0. The molecule has 0 spiro atoms. The summed E-state index contributed by atoms with van der Waals surface area (Å²) in [6.45, 7) is 0. The molecule has 2 nitrogen and oxygen atoms in total. The van der Waals surface area contributed by atoms with Gasteiger partial charge in [-0.3, -0.25) is 0 Å². The van der Waals surface area contributed by atoms with Gasteiger partial charge in [-0.2, -0.15) is 0 Å². The van der Waals surface area contributed by atoms with E-state index in [0.29, 0.717) is 0 Å². The molecule has 8 aromatic carbocycles. The smallest absolute Gasteiger partial charge is 0.0541 e. The first-order valence-corrected chi connectivity index (χ1v) is 18.9. The highest BCUT2D eigenvalue weighted by atomic mass is 32.1.